The van der Waals surface area contributed by atoms with Crippen LogP contribution in [0, 0.1) is 11.6 Å². The topological polar surface area (TPSA) is 208 Å². The zero-order valence-corrected chi connectivity index (χ0v) is 35.2. The first kappa shape index (κ1) is 43.3. The molecule has 0 saturated carbocycles. The van der Waals surface area contributed by atoms with E-state index in [1.54, 1.807) is 16.1 Å². The number of nitrogens with zero attached hydrogens (tertiary/aromatic N) is 6. The Bertz CT molecular complexity index is 3270. The van der Waals surface area contributed by atoms with Gasteiger partial charge in [-0.15, -0.1) is 0 Å². The number of phenolic OH excluding ortho intramolecular Hbond substituents is 1. The van der Waals surface area contributed by atoms with Crippen LogP contribution >= 0.6 is 0 Å². The molecule has 0 unspecified atom stereocenters. The molecule has 1 aliphatic heterocycles. The number of hydrogen-bond acceptors (Lipinski definition) is 12. The summed E-state index contributed by atoms with van der Waals surface area (Å²) in [6.45, 7) is 2.00. The van der Waals surface area contributed by atoms with Crippen molar-refractivity contribution in [2.75, 3.05) is 6.61 Å². The highest BCUT2D eigenvalue weighted by Crippen LogP contribution is 2.45. The highest BCUT2D eigenvalue weighted by molar-refractivity contribution is 6.29. The van der Waals surface area contributed by atoms with E-state index in [1.807, 2.05) is 60.7 Å². The first-order valence-electron chi connectivity index (χ1n) is 20.6. The van der Waals surface area contributed by atoms with Crippen LogP contribution in [-0.4, -0.2) is 80.0 Å². The van der Waals surface area contributed by atoms with Gasteiger partial charge in [-0.3, -0.25) is 28.6 Å². The maximum atomic E-state index is 13.5. The molecule has 4 heterocycles. The van der Waals surface area contributed by atoms with Gasteiger partial charge in [0.05, 0.1) is 32.4 Å². The fourth-order valence-electron chi connectivity index (χ4n) is 8.05. The van der Waals surface area contributed by atoms with Crippen LogP contribution in [0.5, 0.6) is 23.3 Å². The van der Waals surface area contributed by atoms with Crippen molar-refractivity contribution >= 4 is 40.6 Å². The zero-order chi connectivity index (χ0) is 47.1. The summed E-state index contributed by atoms with van der Waals surface area (Å²) < 4.78 is 41.1. The van der Waals surface area contributed by atoms with Crippen LogP contribution in [0.3, 0.4) is 0 Å². The monoisotopic (exact) mass is 906 g/mol. The van der Waals surface area contributed by atoms with E-state index in [4.69, 9.17) is 9.47 Å². The smallest absolute Gasteiger partial charge is 0.505 e. The first-order chi connectivity index (χ1) is 32.3. The van der Waals surface area contributed by atoms with Gasteiger partial charge in [0.15, 0.2) is 11.5 Å². The zero-order valence-electron chi connectivity index (χ0n) is 35.2. The van der Waals surface area contributed by atoms with Crippen molar-refractivity contribution in [3.8, 4) is 23.3 Å². The summed E-state index contributed by atoms with van der Waals surface area (Å²) in [7, 11) is 0. The van der Waals surface area contributed by atoms with Gasteiger partial charge in [0.25, 0.3) is 11.8 Å². The number of amides is 2. The van der Waals surface area contributed by atoms with Crippen molar-refractivity contribution in [1.82, 2.24) is 28.6 Å². The average Bonchev–Trinajstić information content (AvgIpc) is 4.07. The Morgan fingerprint density at radius 2 is 1.10 bits per heavy atom. The molecule has 0 radical (unpaired) electrons. The van der Waals surface area contributed by atoms with Crippen LogP contribution in [0.2, 0.25) is 0 Å². The number of carbonyl (C=O) groups is 5. The Balaban J connectivity index is 0.000000170. The van der Waals surface area contributed by atoms with Crippen molar-refractivity contribution in [3.63, 3.8) is 0 Å². The summed E-state index contributed by atoms with van der Waals surface area (Å²) >= 11 is 0. The quantitative estimate of drug-likeness (QED) is 0.0699. The number of phenols is 1. The molecule has 1 aliphatic carbocycles. The number of imide groups is 1. The molecule has 10 rings (SSSR count). The molecule has 5 aromatic carbocycles. The minimum atomic E-state index is -1.07. The number of carbonyl (C=O) groups excluding carboxylic acids is 5. The fourth-order valence-corrected chi connectivity index (χ4v) is 8.05. The summed E-state index contributed by atoms with van der Waals surface area (Å²) in [5.41, 5.74) is 1.90. The number of benzene rings is 5. The third-order valence-electron chi connectivity index (χ3n) is 11.2. The standard InChI is InChI=1S/C26H20FN3O6.C23H16FN3O4/c1-2-35-26(34)36-23-19-18(24(32)30(25(19)33)13-16-8-10-17(27)11-9-16)22(31)20-21(23)29(14-28-20)12-15-6-4-3-5-7-15;24-15-8-6-14(7-9-15)11-27-22(30)16-17(23(27)31)21(29)19-18(20(16)28)25-12-26(19)10-13-4-2-1-3-5-13/h3-11,14,31H,2,12-13H2,1H3;1-9,12,30-31H,10-11H2. The van der Waals surface area contributed by atoms with Crippen molar-refractivity contribution in [2.45, 2.75) is 33.1 Å². The van der Waals surface area contributed by atoms with Gasteiger partial charge in [-0.05, 0) is 53.4 Å². The highest BCUT2D eigenvalue weighted by Gasteiger charge is 2.44. The predicted molar refractivity (Wildman–Crippen MR) is 233 cm³/mol. The number of ketones is 2. The van der Waals surface area contributed by atoms with Gasteiger partial charge in [-0.25, -0.2) is 23.5 Å². The lowest BCUT2D eigenvalue weighted by Crippen LogP contribution is -2.29. The van der Waals surface area contributed by atoms with Crippen LogP contribution < -0.4 is 4.74 Å². The minimum Gasteiger partial charge on any atom is -0.505 e. The molecule has 336 valence electrons. The van der Waals surface area contributed by atoms with E-state index in [1.165, 1.54) is 61.2 Å². The average molecular weight is 907 g/mol. The van der Waals surface area contributed by atoms with Gasteiger partial charge in [0.2, 0.25) is 23.3 Å². The van der Waals surface area contributed by atoms with Crippen molar-refractivity contribution in [1.29, 1.82) is 0 Å². The number of imidazole rings is 2. The summed E-state index contributed by atoms with van der Waals surface area (Å²) in [5, 5.41) is 32.4. The lowest BCUT2D eigenvalue weighted by Gasteiger charge is -2.14. The predicted octanol–water partition coefficient (Wildman–Crippen LogP) is 7.37. The maximum Gasteiger partial charge on any atom is 0.513 e. The maximum absolute atomic E-state index is 13.5. The molecule has 3 N–H and O–H groups in total. The Kier molecular flexibility index (Phi) is 11.4. The van der Waals surface area contributed by atoms with Gasteiger partial charge in [-0.2, -0.15) is 0 Å². The summed E-state index contributed by atoms with van der Waals surface area (Å²) in [6, 6.07) is 29.5. The molecule has 0 atom stereocenters. The number of rotatable bonds is 10. The molecule has 0 saturated heterocycles. The van der Waals surface area contributed by atoms with Crippen molar-refractivity contribution in [2.24, 2.45) is 0 Å². The molecule has 2 aliphatic rings. The van der Waals surface area contributed by atoms with Gasteiger partial charge in [0.1, 0.15) is 56.3 Å². The normalized spacial score (nSPS) is 12.7. The Morgan fingerprint density at radius 3 is 1.69 bits per heavy atom. The Hall–Kier alpha value is -8.93. The molecular weight excluding hydrogens is 871 g/mol. The van der Waals surface area contributed by atoms with Crippen LogP contribution in [0.15, 0.2) is 122 Å². The van der Waals surface area contributed by atoms with Gasteiger partial charge in [0, 0.05) is 13.1 Å². The molecule has 0 spiro atoms. The summed E-state index contributed by atoms with van der Waals surface area (Å²) in [4.78, 5) is 74.6. The van der Waals surface area contributed by atoms with Gasteiger partial charge in [-0.1, -0.05) is 84.9 Å². The number of aromatic hydroxyl groups is 3. The Labute approximate surface area is 378 Å². The molecule has 0 fully saturated rings. The third kappa shape index (κ3) is 7.89. The van der Waals surface area contributed by atoms with Crippen LogP contribution in [-0.2, 0) is 30.9 Å². The molecule has 0 bridgehead atoms. The molecule has 3 aromatic heterocycles. The van der Waals surface area contributed by atoms with Crippen molar-refractivity contribution in [3.05, 3.63) is 189 Å². The van der Waals surface area contributed by atoms with E-state index in [2.05, 4.69) is 9.97 Å². The summed E-state index contributed by atoms with van der Waals surface area (Å²) in [5.74, 6) is -5.46. The third-order valence-corrected chi connectivity index (χ3v) is 11.2. The largest absolute Gasteiger partial charge is 0.513 e. The van der Waals surface area contributed by atoms with Crippen LogP contribution in [0.4, 0.5) is 13.6 Å². The van der Waals surface area contributed by atoms with Crippen LogP contribution in [0.25, 0.3) is 11.0 Å². The Morgan fingerprint density at radius 1 is 0.597 bits per heavy atom. The minimum absolute atomic E-state index is 0.00578. The van der Waals surface area contributed by atoms with Crippen molar-refractivity contribution < 1.29 is 57.5 Å². The van der Waals surface area contributed by atoms with E-state index >= 15 is 0 Å². The van der Waals surface area contributed by atoms with Crippen LogP contribution in [0.1, 0.15) is 82.0 Å². The van der Waals surface area contributed by atoms with E-state index in [0.29, 0.717) is 17.7 Å². The number of hydrogen-bond donors (Lipinski definition) is 3. The molecule has 16 nitrogen and oxygen atoms in total. The number of fused-ring (bicyclic) bond motifs is 4. The SMILES string of the molecule is CCOC(=O)Oc1c2c(c(O)c3ncn(Cc4ccccc4)c13)C(=O)N(Cc1ccc(F)cc1)C2=O.O=C1c2ncn(Cc3ccccc3)c2C(=O)c2c1c(O)n(Cc1ccc(F)cc1)c2O. The summed E-state index contributed by atoms with van der Waals surface area (Å²) in [6.07, 6.45) is 1.76. The van der Waals surface area contributed by atoms with E-state index in [0.717, 1.165) is 20.6 Å². The number of ether oxygens (including phenoxy) is 2. The number of halogens is 2. The second kappa shape index (κ2) is 17.6. The molecular formula is C49H36F2N6O10. The molecule has 18 heteroatoms. The van der Waals surface area contributed by atoms with E-state index in [9.17, 15) is 48.1 Å². The molecule has 2 amide bonds. The lowest BCUT2D eigenvalue weighted by molar-refractivity contribution is 0.0640. The second-order valence-electron chi connectivity index (χ2n) is 15.4. The van der Waals surface area contributed by atoms with E-state index in [-0.39, 0.29) is 76.7 Å². The molecule has 67 heavy (non-hydrogen) atoms. The van der Waals surface area contributed by atoms with E-state index < -0.39 is 58.7 Å². The first-order valence-corrected chi connectivity index (χ1v) is 20.6. The highest BCUT2D eigenvalue weighted by atomic mass is 19.1. The fraction of sp³-hybridized carbons (Fsp3) is 0.122. The number of aromatic nitrogens is 5. The molecule has 8 aromatic rings. The van der Waals surface area contributed by atoms with Gasteiger partial charge >= 0.3 is 6.16 Å². The van der Waals surface area contributed by atoms with Gasteiger partial charge < -0.3 is 33.9 Å². The second-order valence-corrected chi connectivity index (χ2v) is 15.4. The lowest BCUT2D eigenvalue weighted by atomic mass is 9.93.